The third-order valence-electron chi connectivity index (χ3n) is 3.06. The molecule has 0 aliphatic rings. The molecule has 0 unspecified atom stereocenters. The quantitative estimate of drug-likeness (QED) is 0.738. The molecule has 19 heavy (non-hydrogen) atoms. The van der Waals surface area contributed by atoms with Crippen LogP contribution in [0.15, 0.2) is 72.9 Å². The molecule has 92 valence electrons. The predicted octanol–water partition coefficient (Wildman–Crippen LogP) is 4.12. The summed E-state index contributed by atoms with van der Waals surface area (Å²) in [5, 5.41) is 9.63. The molecule has 0 bridgehead atoms. The average molecular weight is 247 g/mol. The summed E-state index contributed by atoms with van der Waals surface area (Å²) in [6.45, 7) is 0. The fraction of sp³-hybridized carbons (Fsp3) is 0. The maximum absolute atomic E-state index is 9.63. The third kappa shape index (κ3) is 2.33. The van der Waals surface area contributed by atoms with Crippen LogP contribution in [-0.4, -0.2) is 10.1 Å². The van der Waals surface area contributed by atoms with Crippen molar-refractivity contribution in [2.75, 3.05) is 0 Å². The van der Waals surface area contributed by atoms with Crippen molar-refractivity contribution in [1.82, 2.24) is 4.98 Å². The normalized spacial score (nSPS) is 10.3. The van der Waals surface area contributed by atoms with E-state index in [2.05, 4.69) is 4.98 Å². The molecule has 0 aliphatic heterocycles. The number of hydrogen-bond acceptors (Lipinski definition) is 2. The number of nitrogens with zero attached hydrogens (tertiary/aromatic N) is 1. The Hall–Kier alpha value is -2.61. The van der Waals surface area contributed by atoms with E-state index in [4.69, 9.17) is 0 Å². The van der Waals surface area contributed by atoms with Crippen LogP contribution in [0.5, 0.6) is 5.88 Å². The second-order valence-corrected chi connectivity index (χ2v) is 4.32. The van der Waals surface area contributed by atoms with E-state index in [1.165, 1.54) is 0 Å². The highest BCUT2D eigenvalue weighted by Gasteiger charge is 2.08. The lowest BCUT2D eigenvalue weighted by Crippen LogP contribution is -1.87. The first-order chi connectivity index (χ1) is 9.34. The van der Waals surface area contributed by atoms with Crippen LogP contribution in [0.4, 0.5) is 0 Å². The molecule has 3 aromatic rings. The topological polar surface area (TPSA) is 33.1 Å². The first-order valence-electron chi connectivity index (χ1n) is 6.14. The van der Waals surface area contributed by atoms with Gasteiger partial charge in [-0.25, -0.2) is 4.98 Å². The van der Waals surface area contributed by atoms with Crippen LogP contribution >= 0.6 is 0 Å². The molecule has 0 saturated carbocycles. The molecule has 1 aromatic heterocycles. The lowest BCUT2D eigenvalue weighted by molar-refractivity contribution is 0.454. The molecular formula is C17H13NO. The third-order valence-corrected chi connectivity index (χ3v) is 3.06. The number of benzene rings is 2. The Morgan fingerprint density at radius 3 is 1.79 bits per heavy atom. The van der Waals surface area contributed by atoms with Gasteiger partial charge in [0.25, 0.3) is 0 Å². The van der Waals surface area contributed by atoms with Crippen molar-refractivity contribution in [2.45, 2.75) is 0 Å². The van der Waals surface area contributed by atoms with Gasteiger partial charge in [0.15, 0.2) is 0 Å². The molecule has 2 aromatic carbocycles. The Balaban J connectivity index is 2.21. The number of aromatic hydroxyl groups is 1. The van der Waals surface area contributed by atoms with E-state index in [1.54, 1.807) is 12.3 Å². The summed E-state index contributed by atoms with van der Waals surface area (Å²) in [7, 11) is 0. The van der Waals surface area contributed by atoms with E-state index in [-0.39, 0.29) is 5.88 Å². The minimum absolute atomic E-state index is 0.0403. The fourth-order valence-electron chi connectivity index (χ4n) is 2.15. The summed E-state index contributed by atoms with van der Waals surface area (Å²) in [5.41, 5.74) is 4.16. The molecule has 0 atom stereocenters. The van der Waals surface area contributed by atoms with Gasteiger partial charge < -0.3 is 5.11 Å². The van der Waals surface area contributed by atoms with Crippen LogP contribution in [0, 0.1) is 0 Å². The van der Waals surface area contributed by atoms with Gasteiger partial charge in [-0.3, -0.25) is 0 Å². The molecule has 2 heteroatoms. The van der Waals surface area contributed by atoms with Crippen LogP contribution in [0.2, 0.25) is 0 Å². The van der Waals surface area contributed by atoms with E-state index in [0.29, 0.717) is 0 Å². The van der Waals surface area contributed by atoms with Crippen LogP contribution < -0.4 is 0 Å². The van der Waals surface area contributed by atoms with Crippen molar-refractivity contribution in [1.29, 1.82) is 0 Å². The minimum atomic E-state index is 0.0403. The van der Waals surface area contributed by atoms with E-state index in [9.17, 15) is 5.11 Å². The van der Waals surface area contributed by atoms with Crippen LogP contribution in [0.3, 0.4) is 0 Å². The van der Waals surface area contributed by atoms with Crippen LogP contribution in [-0.2, 0) is 0 Å². The standard InChI is InChI=1S/C17H13NO/c19-17-11-15(13-7-3-1-4-8-13)16(12-18-17)14-9-5-2-6-10-14/h1-12H,(H,18,19). The Bertz CT molecular complexity index is 678. The molecule has 1 N–H and O–H groups in total. The van der Waals surface area contributed by atoms with Gasteiger partial charge in [-0.2, -0.15) is 0 Å². The van der Waals surface area contributed by atoms with Crippen molar-refractivity contribution in [3.8, 4) is 28.1 Å². The Morgan fingerprint density at radius 2 is 1.21 bits per heavy atom. The lowest BCUT2D eigenvalue weighted by atomic mass is 9.96. The molecule has 0 aliphatic carbocycles. The van der Waals surface area contributed by atoms with E-state index < -0.39 is 0 Å². The zero-order valence-electron chi connectivity index (χ0n) is 10.3. The van der Waals surface area contributed by atoms with Crippen molar-refractivity contribution >= 4 is 0 Å². The van der Waals surface area contributed by atoms with Crippen molar-refractivity contribution in [3.05, 3.63) is 72.9 Å². The Kier molecular flexibility index (Phi) is 2.99. The van der Waals surface area contributed by atoms with Gasteiger partial charge in [-0.15, -0.1) is 0 Å². The molecule has 0 fully saturated rings. The Morgan fingerprint density at radius 1 is 0.684 bits per heavy atom. The van der Waals surface area contributed by atoms with E-state index in [0.717, 1.165) is 22.3 Å². The van der Waals surface area contributed by atoms with Gasteiger partial charge >= 0.3 is 0 Å². The van der Waals surface area contributed by atoms with Gasteiger partial charge in [-0.05, 0) is 16.7 Å². The summed E-state index contributed by atoms with van der Waals surface area (Å²) in [6, 6.07) is 21.8. The largest absolute Gasteiger partial charge is 0.493 e. The maximum Gasteiger partial charge on any atom is 0.211 e. The van der Waals surface area contributed by atoms with Crippen molar-refractivity contribution < 1.29 is 5.11 Å². The average Bonchev–Trinajstić information content (AvgIpc) is 2.49. The highest BCUT2D eigenvalue weighted by Crippen LogP contribution is 2.33. The number of pyridine rings is 1. The zero-order chi connectivity index (χ0) is 13.1. The summed E-state index contributed by atoms with van der Waals surface area (Å²) in [5.74, 6) is 0.0403. The summed E-state index contributed by atoms with van der Waals surface area (Å²) >= 11 is 0. The minimum Gasteiger partial charge on any atom is -0.493 e. The molecule has 0 radical (unpaired) electrons. The van der Waals surface area contributed by atoms with Gasteiger partial charge in [0, 0.05) is 17.8 Å². The van der Waals surface area contributed by atoms with Gasteiger partial charge in [-0.1, -0.05) is 60.7 Å². The first kappa shape index (κ1) is 11.5. The highest BCUT2D eigenvalue weighted by molar-refractivity contribution is 5.83. The highest BCUT2D eigenvalue weighted by atomic mass is 16.3. The second kappa shape index (κ2) is 4.94. The molecule has 0 saturated heterocycles. The smallest absolute Gasteiger partial charge is 0.211 e. The molecule has 0 amide bonds. The SMILES string of the molecule is Oc1cc(-c2ccccc2)c(-c2ccccc2)cn1. The van der Waals surface area contributed by atoms with Gasteiger partial charge in [0.05, 0.1) is 0 Å². The molecule has 1 heterocycles. The second-order valence-electron chi connectivity index (χ2n) is 4.32. The van der Waals surface area contributed by atoms with Crippen LogP contribution in [0.25, 0.3) is 22.3 Å². The van der Waals surface area contributed by atoms with Crippen LogP contribution in [0.1, 0.15) is 0 Å². The molecule has 3 rings (SSSR count). The monoisotopic (exact) mass is 247 g/mol. The number of rotatable bonds is 2. The molecule has 0 spiro atoms. The zero-order valence-corrected chi connectivity index (χ0v) is 10.3. The fourth-order valence-corrected chi connectivity index (χ4v) is 2.15. The summed E-state index contributed by atoms with van der Waals surface area (Å²) in [4.78, 5) is 4.00. The number of aromatic nitrogens is 1. The maximum atomic E-state index is 9.63. The van der Waals surface area contributed by atoms with Gasteiger partial charge in [0.2, 0.25) is 5.88 Å². The van der Waals surface area contributed by atoms with Crippen molar-refractivity contribution in [3.63, 3.8) is 0 Å². The van der Waals surface area contributed by atoms with E-state index in [1.807, 2.05) is 60.7 Å². The number of hydrogen-bond donors (Lipinski definition) is 1. The summed E-state index contributed by atoms with van der Waals surface area (Å²) in [6.07, 6.45) is 1.72. The summed E-state index contributed by atoms with van der Waals surface area (Å²) < 4.78 is 0. The lowest BCUT2D eigenvalue weighted by Gasteiger charge is -2.10. The van der Waals surface area contributed by atoms with Crippen molar-refractivity contribution in [2.24, 2.45) is 0 Å². The molecular weight excluding hydrogens is 234 g/mol. The predicted molar refractivity (Wildman–Crippen MR) is 76.8 cm³/mol. The van der Waals surface area contributed by atoms with E-state index >= 15 is 0 Å². The Labute approximate surface area is 112 Å². The van der Waals surface area contributed by atoms with Gasteiger partial charge in [0.1, 0.15) is 0 Å². The molecule has 2 nitrogen and oxygen atoms in total. The first-order valence-corrected chi connectivity index (χ1v) is 6.14.